The van der Waals surface area contributed by atoms with Gasteiger partial charge in [-0.05, 0) is 37.5 Å². The zero-order valence-electron chi connectivity index (χ0n) is 27.0. The van der Waals surface area contributed by atoms with E-state index in [4.69, 9.17) is 35.9 Å². The van der Waals surface area contributed by atoms with E-state index >= 15 is 0 Å². The molecule has 0 aliphatic heterocycles. The van der Waals surface area contributed by atoms with Crippen LogP contribution in [0.25, 0.3) is 39.0 Å². The quantitative estimate of drug-likeness (QED) is 0.130. The van der Waals surface area contributed by atoms with Crippen LogP contribution in [-0.2, 0) is 13.1 Å². The van der Waals surface area contributed by atoms with Crippen LogP contribution in [0.4, 0.5) is 0 Å². The van der Waals surface area contributed by atoms with Gasteiger partial charge in [0.25, 0.3) is 0 Å². The Kier molecular flexibility index (Phi) is 9.95. The molecule has 1 fully saturated rings. The van der Waals surface area contributed by atoms with E-state index in [0.29, 0.717) is 53.8 Å². The number of hydrogen-bond donors (Lipinski definition) is 4. The number of ether oxygens (including phenoxy) is 3. The monoisotopic (exact) mass is 657 g/mol. The second-order valence-electron chi connectivity index (χ2n) is 11.8. The molecule has 1 saturated carbocycles. The lowest BCUT2D eigenvalue weighted by Gasteiger charge is -2.32. The Bertz CT molecular complexity index is 1850. The average molecular weight is 658 g/mol. The third kappa shape index (κ3) is 6.79. The number of benzene rings is 3. The number of aliphatic hydroxyl groups is 2. The molecule has 1 aliphatic rings. The summed E-state index contributed by atoms with van der Waals surface area (Å²) in [6.45, 7) is 3.26. The Labute approximate surface area is 279 Å². The lowest BCUT2D eigenvalue weighted by molar-refractivity contribution is 0.0618. The van der Waals surface area contributed by atoms with Gasteiger partial charge in [0.15, 0.2) is 0 Å². The zero-order chi connectivity index (χ0) is 33.1. The minimum absolute atomic E-state index is 0.210. The molecular formula is C36H40ClN5O5. The van der Waals surface area contributed by atoms with Crippen molar-refractivity contribution in [2.24, 2.45) is 0 Å². The standard InChI is InChI=1S/C36H40ClN5O5/c1-21(43)17-38-19-30-33(45-2)15-24(16-34(30)46-3)42-32-10-6-7-26(29(32)20-40-42)27-8-5-9-28(35(27)37)31-12-11-22(36(41-31)47-4)18-39-23-13-25(44)14-23/h5-12,15-16,20-21,23,25,38-39,43-44H,13-14,17-19H2,1-4H3/t21-,23?,25?/m1/s1. The summed E-state index contributed by atoms with van der Waals surface area (Å²) >= 11 is 7.14. The Hall–Kier alpha value is -4.19. The molecule has 10 nitrogen and oxygen atoms in total. The maximum absolute atomic E-state index is 9.67. The molecule has 0 radical (unpaired) electrons. The number of methoxy groups -OCH3 is 3. The SMILES string of the molecule is COc1cc(-n2ncc3c(-c4cccc(-c5ccc(CNC6CC(O)C6)c(OC)n5)c4Cl)cccc32)cc(OC)c1CNC[C@@H](C)O. The van der Waals surface area contributed by atoms with Crippen LogP contribution < -0.4 is 24.8 Å². The van der Waals surface area contributed by atoms with Gasteiger partial charge in [-0.25, -0.2) is 9.67 Å². The lowest BCUT2D eigenvalue weighted by atomic mass is 9.89. The van der Waals surface area contributed by atoms with Gasteiger partial charge in [0.05, 0.1) is 67.2 Å². The predicted octanol–water partition coefficient (Wildman–Crippen LogP) is 5.52. The minimum atomic E-state index is -0.467. The minimum Gasteiger partial charge on any atom is -0.496 e. The normalized spacial score (nSPS) is 16.6. The van der Waals surface area contributed by atoms with Crippen molar-refractivity contribution < 1.29 is 24.4 Å². The third-order valence-electron chi connectivity index (χ3n) is 8.58. The number of rotatable bonds is 13. The second-order valence-corrected chi connectivity index (χ2v) is 12.2. The first-order chi connectivity index (χ1) is 22.8. The van der Waals surface area contributed by atoms with Gasteiger partial charge >= 0.3 is 0 Å². The lowest BCUT2D eigenvalue weighted by Crippen LogP contribution is -2.43. The van der Waals surface area contributed by atoms with Gasteiger partial charge in [-0.1, -0.05) is 48.0 Å². The van der Waals surface area contributed by atoms with Crippen molar-refractivity contribution in [3.05, 3.63) is 83.0 Å². The molecule has 3 aromatic carbocycles. The topological polar surface area (TPSA) is 123 Å². The van der Waals surface area contributed by atoms with Crippen molar-refractivity contribution in [3.63, 3.8) is 0 Å². The van der Waals surface area contributed by atoms with E-state index in [1.807, 2.05) is 71.5 Å². The average Bonchev–Trinajstić information content (AvgIpc) is 3.50. The number of hydrogen-bond acceptors (Lipinski definition) is 9. The maximum Gasteiger partial charge on any atom is 0.218 e. The molecule has 47 heavy (non-hydrogen) atoms. The fraction of sp³-hybridized carbons (Fsp3) is 0.333. The molecule has 1 aliphatic carbocycles. The van der Waals surface area contributed by atoms with Gasteiger partial charge in [0.1, 0.15) is 11.5 Å². The first kappa shape index (κ1) is 32.7. The van der Waals surface area contributed by atoms with E-state index < -0.39 is 6.10 Å². The summed E-state index contributed by atoms with van der Waals surface area (Å²) < 4.78 is 19.0. The maximum atomic E-state index is 9.67. The predicted molar refractivity (Wildman–Crippen MR) is 184 cm³/mol. The molecule has 0 unspecified atom stereocenters. The fourth-order valence-electron chi connectivity index (χ4n) is 6.04. The number of aliphatic hydroxyl groups excluding tert-OH is 2. The molecule has 1 atom stereocenters. The summed E-state index contributed by atoms with van der Waals surface area (Å²) in [5.74, 6) is 1.84. The van der Waals surface area contributed by atoms with E-state index in [2.05, 4.69) is 10.6 Å². The van der Waals surface area contributed by atoms with Crippen LogP contribution >= 0.6 is 11.6 Å². The van der Waals surface area contributed by atoms with Gasteiger partial charge in [-0.3, -0.25) is 0 Å². The summed E-state index contributed by atoms with van der Waals surface area (Å²) in [4.78, 5) is 4.81. The highest BCUT2D eigenvalue weighted by atomic mass is 35.5. The van der Waals surface area contributed by atoms with Gasteiger partial charge in [0, 0.05) is 59.9 Å². The van der Waals surface area contributed by atoms with E-state index in [-0.39, 0.29) is 6.10 Å². The number of nitrogens with zero attached hydrogens (tertiary/aromatic N) is 3. The molecule has 4 N–H and O–H groups in total. The molecular weight excluding hydrogens is 618 g/mol. The number of halogens is 1. The van der Waals surface area contributed by atoms with Gasteiger partial charge in [0.2, 0.25) is 5.88 Å². The van der Waals surface area contributed by atoms with Crippen LogP contribution in [-0.4, -0.2) is 71.1 Å². The molecule has 11 heteroatoms. The highest BCUT2D eigenvalue weighted by molar-refractivity contribution is 6.36. The van der Waals surface area contributed by atoms with Crippen LogP contribution in [0.2, 0.25) is 5.02 Å². The highest BCUT2D eigenvalue weighted by Crippen LogP contribution is 2.40. The first-order valence-electron chi connectivity index (χ1n) is 15.7. The second kappa shape index (κ2) is 14.3. The van der Waals surface area contributed by atoms with E-state index in [9.17, 15) is 10.2 Å². The zero-order valence-corrected chi connectivity index (χ0v) is 27.7. The van der Waals surface area contributed by atoms with Crippen molar-refractivity contribution in [2.45, 2.75) is 51.1 Å². The van der Waals surface area contributed by atoms with Crippen molar-refractivity contribution >= 4 is 22.5 Å². The molecule has 0 amide bonds. The Morgan fingerprint density at radius 2 is 1.64 bits per heavy atom. The van der Waals surface area contributed by atoms with E-state index in [1.54, 1.807) is 28.3 Å². The number of pyridine rings is 1. The fourth-order valence-corrected chi connectivity index (χ4v) is 6.37. The van der Waals surface area contributed by atoms with Crippen molar-refractivity contribution in [2.75, 3.05) is 27.9 Å². The molecule has 246 valence electrons. The molecule has 0 bridgehead atoms. The molecule has 0 saturated heterocycles. The van der Waals surface area contributed by atoms with Crippen LogP contribution in [0.15, 0.2) is 66.9 Å². The summed E-state index contributed by atoms with van der Waals surface area (Å²) in [5.41, 5.74) is 6.78. The Balaban J connectivity index is 1.33. The summed E-state index contributed by atoms with van der Waals surface area (Å²) in [6.07, 6.45) is 2.69. The van der Waals surface area contributed by atoms with Gasteiger partial charge < -0.3 is 35.1 Å². The third-order valence-corrected chi connectivity index (χ3v) is 8.99. The van der Waals surface area contributed by atoms with Gasteiger partial charge in [-0.15, -0.1) is 0 Å². The van der Waals surface area contributed by atoms with Crippen LogP contribution in [0.1, 0.15) is 30.9 Å². The number of nitrogens with one attached hydrogen (secondary N) is 2. The van der Waals surface area contributed by atoms with Crippen LogP contribution in [0.3, 0.4) is 0 Å². The molecule has 2 aromatic heterocycles. The number of fused-ring (bicyclic) bond motifs is 1. The Morgan fingerprint density at radius 3 is 2.32 bits per heavy atom. The van der Waals surface area contributed by atoms with Crippen LogP contribution in [0, 0.1) is 0 Å². The van der Waals surface area contributed by atoms with Crippen molar-refractivity contribution in [3.8, 4) is 45.5 Å². The van der Waals surface area contributed by atoms with Crippen LogP contribution in [0.5, 0.6) is 17.4 Å². The molecule has 2 heterocycles. The highest BCUT2D eigenvalue weighted by Gasteiger charge is 2.27. The van der Waals surface area contributed by atoms with Crippen molar-refractivity contribution in [1.29, 1.82) is 0 Å². The summed E-state index contributed by atoms with van der Waals surface area (Å²) in [6, 6.07) is 20.1. The number of aromatic nitrogens is 3. The first-order valence-corrected chi connectivity index (χ1v) is 16.0. The largest absolute Gasteiger partial charge is 0.496 e. The van der Waals surface area contributed by atoms with E-state index in [0.717, 1.165) is 57.2 Å². The molecule has 5 aromatic rings. The summed E-state index contributed by atoms with van der Waals surface area (Å²) in [7, 11) is 4.87. The molecule has 0 spiro atoms. The Morgan fingerprint density at radius 1 is 0.936 bits per heavy atom. The summed E-state index contributed by atoms with van der Waals surface area (Å²) in [5, 5.41) is 32.2. The van der Waals surface area contributed by atoms with E-state index in [1.165, 1.54) is 0 Å². The molecule has 6 rings (SSSR count). The smallest absolute Gasteiger partial charge is 0.218 e. The van der Waals surface area contributed by atoms with Gasteiger partial charge in [-0.2, -0.15) is 5.10 Å². The van der Waals surface area contributed by atoms with Crippen molar-refractivity contribution in [1.82, 2.24) is 25.4 Å².